The van der Waals surface area contributed by atoms with Gasteiger partial charge in [-0.1, -0.05) is 20.3 Å². The van der Waals surface area contributed by atoms with Gasteiger partial charge in [0.05, 0.1) is 6.10 Å². The minimum absolute atomic E-state index is 0.434. The molecule has 0 aromatic rings. The molecule has 0 spiro atoms. The molecular weight excluding hydrogens is 236 g/mol. The van der Waals surface area contributed by atoms with Gasteiger partial charge in [-0.25, -0.2) is 0 Å². The molecule has 2 heterocycles. The van der Waals surface area contributed by atoms with E-state index in [-0.39, 0.29) is 0 Å². The third-order valence-electron chi connectivity index (χ3n) is 5.18. The Morgan fingerprint density at radius 3 is 2.89 bits per heavy atom. The number of hydrogen-bond acceptors (Lipinski definition) is 3. The van der Waals surface area contributed by atoms with Crippen LogP contribution in [0.5, 0.6) is 0 Å². The monoisotopic (exact) mass is 268 g/mol. The summed E-state index contributed by atoms with van der Waals surface area (Å²) < 4.78 is 5.66. The van der Waals surface area contributed by atoms with Gasteiger partial charge in [0.15, 0.2) is 0 Å². The van der Waals surface area contributed by atoms with Gasteiger partial charge in [0.25, 0.3) is 0 Å². The van der Waals surface area contributed by atoms with Crippen LogP contribution in [-0.2, 0) is 4.74 Å². The highest BCUT2D eigenvalue weighted by atomic mass is 16.5. The Bertz CT molecular complexity index is 258. The van der Waals surface area contributed by atoms with Crippen molar-refractivity contribution in [3.05, 3.63) is 0 Å². The molecule has 2 rings (SSSR count). The van der Waals surface area contributed by atoms with Gasteiger partial charge in [-0.15, -0.1) is 0 Å². The maximum Gasteiger partial charge on any atom is 0.0724 e. The van der Waals surface area contributed by atoms with Crippen LogP contribution in [0, 0.1) is 11.3 Å². The lowest BCUT2D eigenvalue weighted by Crippen LogP contribution is -2.52. The van der Waals surface area contributed by atoms with Crippen LogP contribution in [0.1, 0.15) is 46.0 Å². The maximum atomic E-state index is 5.66. The molecule has 112 valence electrons. The Labute approximate surface area is 119 Å². The molecule has 0 radical (unpaired) electrons. The summed E-state index contributed by atoms with van der Waals surface area (Å²) >= 11 is 0. The van der Waals surface area contributed by atoms with Crippen molar-refractivity contribution in [2.75, 3.05) is 39.8 Å². The highest BCUT2D eigenvalue weighted by Crippen LogP contribution is 2.34. The van der Waals surface area contributed by atoms with E-state index in [9.17, 15) is 0 Å². The van der Waals surface area contributed by atoms with E-state index < -0.39 is 0 Å². The Balaban J connectivity index is 1.93. The fraction of sp³-hybridized carbons (Fsp3) is 1.00. The summed E-state index contributed by atoms with van der Waals surface area (Å²) in [4.78, 5) is 2.66. The number of hydrogen-bond donors (Lipinski definition) is 1. The van der Waals surface area contributed by atoms with Gasteiger partial charge in [-0.3, -0.25) is 0 Å². The summed E-state index contributed by atoms with van der Waals surface area (Å²) in [6, 6.07) is 0. The predicted molar refractivity (Wildman–Crippen MR) is 80.5 cm³/mol. The van der Waals surface area contributed by atoms with Crippen LogP contribution in [-0.4, -0.2) is 50.8 Å². The number of nitrogens with zero attached hydrogens (tertiary/aromatic N) is 1. The number of rotatable bonds is 5. The van der Waals surface area contributed by atoms with Crippen molar-refractivity contribution in [1.82, 2.24) is 10.2 Å². The lowest BCUT2D eigenvalue weighted by atomic mass is 9.76. The van der Waals surface area contributed by atoms with E-state index in [0.29, 0.717) is 17.4 Å². The number of likely N-dealkylation sites (tertiary alicyclic amines) is 1. The first-order chi connectivity index (χ1) is 9.19. The second-order valence-electron chi connectivity index (χ2n) is 6.81. The first-order valence-electron chi connectivity index (χ1n) is 8.15. The summed E-state index contributed by atoms with van der Waals surface area (Å²) in [5, 5.41) is 3.63. The largest absolute Gasteiger partial charge is 0.380 e. The van der Waals surface area contributed by atoms with E-state index in [0.717, 1.165) is 6.54 Å². The van der Waals surface area contributed by atoms with E-state index in [4.69, 9.17) is 4.74 Å². The Morgan fingerprint density at radius 1 is 1.42 bits per heavy atom. The molecule has 2 saturated heterocycles. The lowest BCUT2D eigenvalue weighted by Gasteiger charge is -2.45. The topological polar surface area (TPSA) is 24.5 Å². The molecule has 3 atom stereocenters. The van der Waals surface area contributed by atoms with Crippen molar-refractivity contribution in [3.63, 3.8) is 0 Å². The van der Waals surface area contributed by atoms with E-state index in [2.05, 4.69) is 24.1 Å². The van der Waals surface area contributed by atoms with Crippen molar-refractivity contribution < 1.29 is 4.74 Å². The first kappa shape index (κ1) is 15.3. The molecular formula is C16H32N2O. The Hall–Kier alpha value is -0.120. The molecule has 0 saturated carbocycles. The van der Waals surface area contributed by atoms with Crippen molar-refractivity contribution >= 4 is 0 Å². The number of ether oxygens (including phenoxy) is 1. The summed E-state index contributed by atoms with van der Waals surface area (Å²) in [5.74, 6) is 0.716. The molecule has 0 amide bonds. The molecule has 0 aliphatic carbocycles. The average molecular weight is 268 g/mol. The fourth-order valence-corrected chi connectivity index (χ4v) is 4.01. The molecule has 2 aliphatic rings. The summed E-state index contributed by atoms with van der Waals surface area (Å²) in [5.41, 5.74) is 0.520. The minimum atomic E-state index is 0.434. The smallest absolute Gasteiger partial charge is 0.0724 e. The van der Waals surface area contributed by atoms with Gasteiger partial charge in [0.2, 0.25) is 0 Å². The molecule has 0 aromatic carbocycles. The van der Waals surface area contributed by atoms with Crippen molar-refractivity contribution in [2.45, 2.75) is 52.1 Å². The second-order valence-corrected chi connectivity index (χ2v) is 6.81. The summed E-state index contributed by atoms with van der Waals surface area (Å²) in [6.07, 6.45) is 7.14. The van der Waals surface area contributed by atoms with Gasteiger partial charge < -0.3 is 15.0 Å². The third-order valence-corrected chi connectivity index (χ3v) is 5.18. The molecule has 0 bridgehead atoms. The molecule has 1 N–H and O–H groups in total. The quantitative estimate of drug-likeness (QED) is 0.829. The van der Waals surface area contributed by atoms with Crippen LogP contribution >= 0.6 is 0 Å². The molecule has 2 aliphatic heterocycles. The molecule has 2 fully saturated rings. The lowest BCUT2D eigenvalue weighted by molar-refractivity contribution is -0.0223. The molecule has 3 heteroatoms. The van der Waals surface area contributed by atoms with Crippen LogP contribution in [0.15, 0.2) is 0 Å². The van der Waals surface area contributed by atoms with Crippen LogP contribution in [0.3, 0.4) is 0 Å². The molecule has 0 aromatic heterocycles. The SMILES string of the molecule is CCCC1(CN2CCC(C)C(OC)C2)CCCNC1. The molecule has 3 unspecified atom stereocenters. The van der Waals surface area contributed by atoms with Crippen LogP contribution in [0.25, 0.3) is 0 Å². The average Bonchev–Trinajstić information content (AvgIpc) is 2.42. The van der Waals surface area contributed by atoms with Crippen LogP contribution in [0.2, 0.25) is 0 Å². The van der Waals surface area contributed by atoms with Gasteiger partial charge in [-0.05, 0) is 50.1 Å². The molecule has 3 nitrogen and oxygen atoms in total. The number of methoxy groups -OCH3 is 1. The highest BCUT2D eigenvalue weighted by Gasteiger charge is 2.35. The number of piperidine rings is 2. The second kappa shape index (κ2) is 7.05. The first-order valence-corrected chi connectivity index (χ1v) is 8.15. The van der Waals surface area contributed by atoms with Crippen LogP contribution < -0.4 is 5.32 Å². The zero-order chi connectivity index (χ0) is 13.7. The van der Waals surface area contributed by atoms with Gasteiger partial charge in [0, 0.05) is 26.7 Å². The van der Waals surface area contributed by atoms with Crippen molar-refractivity contribution in [2.24, 2.45) is 11.3 Å². The minimum Gasteiger partial charge on any atom is -0.380 e. The van der Waals surface area contributed by atoms with Crippen molar-refractivity contribution in [1.29, 1.82) is 0 Å². The fourth-order valence-electron chi connectivity index (χ4n) is 4.01. The van der Waals surface area contributed by atoms with E-state index >= 15 is 0 Å². The van der Waals surface area contributed by atoms with Crippen LogP contribution in [0.4, 0.5) is 0 Å². The maximum absolute atomic E-state index is 5.66. The molecule has 19 heavy (non-hydrogen) atoms. The van der Waals surface area contributed by atoms with Gasteiger partial charge in [0.1, 0.15) is 0 Å². The van der Waals surface area contributed by atoms with E-state index in [1.807, 2.05) is 7.11 Å². The van der Waals surface area contributed by atoms with E-state index in [1.54, 1.807) is 0 Å². The van der Waals surface area contributed by atoms with E-state index in [1.165, 1.54) is 58.3 Å². The normalized spacial score (nSPS) is 37.4. The number of nitrogens with one attached hydrogen (secondary N) is 1. The Morgan fingerprint density at radius 2 is 2.26 bits per heavy atom. The van der Waals surface area contributed by atoms with Gasteiger partial charge in [-0.2, -0.15) is 0 Å². The highest BCUT2D eigenvalue weighted by molar-refractivity contribution is 4.90. The summed E-state index contributed by atoms with van der Waals surface area (Å²) in [7, 11) is 1.87. The standard InChI is InChI=1S/C16H32N2O/c1-4-7-16(8-5-9-17-12-16)13-18-10-6-14(2)15(11-18)19-3/h14-15,17H,4-13H2,1-3H3. The van der Waals surface area contributed by atoms with Gasteiger partial charge >= 0.3 is 0 Å². The zero-order valence-corrected chi connectivity index (χ0v) is 13.1. The van der Waals surface area contributed by atoms with Crippen molar-refractivity contribution in [3.8, 4) is 0 Å². The third kappa shape index (κ3) is 3.93. The Kier molecular flexibility index (Phi) is 5.67. The summed E-state index contributed by atoms with van der Waals surface area (Å²) in [6.45, 7) is 10.7. The zero-order valence-electron chi connectivity index (χ0n) is 13.1. The predicted octanol–water partition coefficient (Wildman–Crippen LogP) is 2.51.